The van der Waals surface area contributed by atoms with Gasteiger partial charge in [0.25, 0.3) is 0 Å². The molecule has 0 N–H and O–H groups in total. The summed E-state index contributed by atoms with van der Waals surface area (Å²) in [6, 6.07) is 14.2. The molecule has 0 aliphatic carbocycles. The van der Waals surface area contributed by atoms with Gasteiger partial charge in [-0.3, -0.25) is 4.79 Å². The Balaban J connectivity index is 1.33. The molecule has 0 bridgehead atoms. The van der Waals surface area contributed by atoms with Crippen molar-refractivity contribution in [2.45, 2.75) is 18.2 Å². The summed E-state index contributed by atoms with van der Waals surface area (Å²) in [6.45, 7) is 5.05. The molecule has 2 aromatic carbocycles. The van der Waals surface area contributed by atoms with E-state index in [0.29, 0.717) is 32.8 Å². The van der Waals surface area contributed by atoms with E-state index in [-0.39, 0.29) is 23.0 Å². The number of hydrogen-bond donors (Lipinski definition) is 0. The molecule has 0 radical (unpaired) electrons. The molecule has 7 nitrogen and oxygen atoms in total. The zero-order chi connectivity index (χ0) is 21.8. The highest BCUT2D eigenvalue weighted by Crippen LogP contribution is 2.32. The molecule has 0 atom stereocenters. The van der Waals surface area contributed by atoms with Gasteiger partial charge in [-0.15, -0.1) is 0 Å². The van der Waals surface area contributed by atoms with E-state index < -0.39 is 9.84 Å². The number of piperazine rings is 1. The van der Waals surface area contributed by atoms with Gasteiger partial charge in [-0.2, -0.15) is 0 Å². The number of rotatable bonds is 7. The molecule has 9 heteroatoms. The largest absolute Gasteiger partial charge is 0.494 e. The lowest BCUT2D eigenvalue weighted by molar-refractivity contribution is -0.131. The normalized spacial score (nSPS) is 14.7. The van der Waals surface area contributed by atoms with Crippen LogP contribution in [-0.2, 0) is 14.6 Å². The second kappa shape index (κ2) is 9.23. The number of amides is 1. The zero-order valence-corrected chi connectivity index (χ0v) is 19.0. The summed E-state index contributed by atoms with van der Waals surface area (Å²) < 4.78 is 31.5. The summed E-state index contributed by atoms with van der Waals surface area (Å²) in [5, 5.41) is 0.933. The molecule has 1 aliphatic rings. The van der Waals surface area contributed by atoms with Crippen molar-refractivity contribution < 1.29 is 17.9 Å². The van der Waals surface area contributed by atoms with Gasteiger partial charge >= 0.3 is 0 Å². The van der Waals surface area contributed by atoms with Crippen LogP contribution in [0.3, 0.4) is 0 Å². The van der Waals surface area contributed by atoms with Crippen LogP contribution in [-0.4, -0.2) is 62.7 Å². The van der Waals surface area contributed by atoms with Crippen molar-refractivity contribution in [3.63, 3.8) is 0 Å². The lowest BCUT2D eigenvalue weighted by Gasteiger charge is -2.34. The van der Waals surface area contributed by atoms with E-state index in [1.165, 1.54) is 0 Å². The highest BCUT2D eigenvalue weighted by Gasteiger charge is 2.25. The summed E-state index contributed by atoms with van der Waals surface area (Å²) >= 11 is 1.62. The Morgan fingerprint density at radius 2 is 1.84 bits per heavy atom. The van der Waals surface area contributed by atoms with E-state index in [1.807, 2.05) is 25.1 Å². The van der Waals surface area contributed by atoms with E-state index >= 15 is 0 Å². The first-order chi connectivity index (χ1) is 15.0. The van der Waals surface area contributed by atoms with Gasteiger partial charge in [-0.1, -0.05) is 29.5 Å². The zero-order valence-electron chi connectivity index (χ0n) is 17.4. The van der Waals surface area contributed by atoms with Crippen LogP contribution < -0.4 is 9.64 Å². The number of hydrogen-bond acceptors (Lipinski definition) is 7. The van der Waals surface area contributed by atoms with Crippen LogP contribution in [0.4, 0.5) is 5.13 Å². The molecule has 0 spiro atoms. The number of carbonyl (C=O) groups excluding carboxylic acids is 1. The fraction of sp³-hybridized carbons (Fsp3) is 0.364. The second-order valence-corrected chi connectivity index (χ2v) is 10.4. The van der Waals surface area contributed by atoms with Crippen LogP contribution in [0.1, 0.15) is 13.3 Å². The van der Waals surface area contributed by atoms with Gasteiger partial charge in [-0.05, 0) is 37.3 Å². The molecule has 1 amide bonds. The minimum Gasteiger partial charge on any atom is -0.494 e. The van der Waals surface area contributed by atoms with Gasteiger partial charge in [0.15, 0.2) is 15.0 Å². The molecule has 1 saturated heterocycles. The molecule has 1 aromatic heterocycles. The number of carbonyl (C=O) groups is 1. The van der Waals surface area contributed by atoms with Gasteiger partial charge in [-0.25, -0.2) is 13.4 Å². The van der Waals surface area contributed by atoms with Crippen molar-refractivity contribution in [2.75, 3.05) is 43.4 Å². The summed E-state index contributed by atoms with van der Waals surface area (Å²) in [5.41, 5.74) is 0.938. The van der Waals surface area contributed by atoms with Crippen molar-refractivity contribution in [1.29, 1.82) is 0 Å². The minimum atomic E-state index is -3.45. The Morgan fingerprint density at radius 1 is 1.10 bits per heavy atom. The van der Waals surface area contributed by atoms with Crippen LogP contribution in [0, 0.1) is 0 Å². The van der Waals surface area contributed by atoms with Crippen molar-refractivity contribution in [3.05, 3.63) is 48.5 Å². The minimum absolute atomic E-state index is 0.00142. The lowest BCUT2D eigenvalue weighted by Crippen LogP contribution is -2.49. The topological polar surface area (TPSA) is 79.8 Å². The van der Waals surface area contributed by atoms with Crippen LogP contribution in [0.2, 0.25) is 0 Å². The van der Waals surface area contributed by atoms with Crippen molar-refractivity contribution >= 4 is 42.4 Å². The van der Waals surface area contributed by atoms with Crippen LogP contribution >= 0.6 is 11.3 Å². The molecule has 0 saturated carbocycles. The molecule has 1 fully saturated rings. The fourth-order valence-electron chi connectivity index (χ4n) is 3.56. The Kier molecular flexibility index (Phi) is 6.43. The first kappa shape index (κ1) is 21.6. The number of nitrogens with zero attached hydrogens (tertiary/aromatic N) is 3. The third-order valence-corrected chi connectivity index (χ3v) is 8.06. The summed E-state index contributed by atoms with van der Waals surface area (Å²) in [4.78, 5) is 21.5. The van der Waals surface area contributed by atoms with E-state index in [2.05, 4.69) is 4.90 Å². The van der Waals surface area contributed by atoms with Gasteiger partial charge < -0.3 is 14.5 Å². The Morgan fingerprint density at radius 3 is 2.55 bits per heavy atom. The number of benzene rings is 2. The van der Waals surface area contributed by atoms with Crippen molar-refractivity contribution in [1.82, 2.24) is 9.88 Å². The van der Waals surface area contributed by atoms with E-state index in [4.69, 9.17) is 9.72 Å². The van der Waals surface area contributed by atoms with E-state index in [9.17, 15) is 13.2 Å². The molecule has 2 heterocycles. The standard InChI is InChI=1S/C22H25N3O4S2/c1-2-29-17-8-9-19-20(16-17)30-22(23-19)25-13-11-24(12-14-25)21(26)10-15-31(27,28)18-6-4-3-5-7-18/h3-9,16H,2,10-15H2,1H3. The molecule has 0 unspecified atom stereocenters. The highest BCUT2D eigenvalue weighted by atomic mass is 32.2. The number of aromatic nitrogens is 1. The molecular weight excluding hydrogens is 434 g/mol. The number of fused-ring (bicyclic) bond motifs is 1. The number of ether oxygens (including phenoxy) is 1. The maximum absolute atomic E-state index is 12.6. The second-order valence-electron chi connectivity index (χ2n) is 7.31. The molecule has 1 aliphatic heterocycles. The number of anilines is 1. The Labute approximate surface area is 186 Å². The first-order valence-corrected chi connectivity index (χ1v) is 12.8. The maximum Gasteiger partial charge on any atom is 0.223 e. The van der Waals surface area contributed by atoms with Crippen LogP contribution in [0.15, 0.2) is 53.4 Å². The first-order valence-electron chi connectivity index (χ1n) is 10.3. The van der Waals surface area contributed by atoms with E-state index in [1.54, 1.807) is 46.6 Å². The van der Waals surface area contributed by atoms with Crippen molar-refractivity contribution in [2.24, 2.45) is 0 Å². The van der Waals surface area contributed by atoms with E-state index in [0.717, 1.165) is 21.1 Å². The average Bonchev–Trinajstić information content (AvgIpc) is 3.22. The predicted molar refractivity (Wildman–Crippen MR) is 123 cm³/mol. The van der Waals surface area contributed by atoms with Crippen molar-refractivity contribution in [3.8, 4) is 5.75 Å². The molecule has 164 valence electrons. The lowest BCUT2D eigenvalue weighted by atomic mass is 10.3. The number of sulfone groups is 1. The van der Waals surface area contributed by atoms with Gasteiger partial charge in [0.1, 0.15) is 5.75 Å². The third-order valence-electron chi connectivity index (χ3n) is 5.25. The van der Waals surface area contributed by atoms with Crippen LogP contribution in [0.5, 0.6) is 5.75 Å². The molecular formula is C22H25N3O4S2. The molecule has 31 heavy (non-hydrogen) atoms. The SMILES string of the molecule is CCOc1ccc2nc(N3CCN(C(=O)CCS(=O)(=O)c4ccccc4)CC3)sc2c1. The number of thiazole rings is 1. The molecule has 3 aromatic rings. The van der Waals surface area contributed by atoms with Gasteiger partial charge in [0, 0.05) is 32.6 Å². The van der Waals surface area contributed by atoms with Gasteiger partial charge in [0.05, 0.1) is 27.5 Å². The summed E-state index contributed by atoms with van der Waals surface area (Å²) in [7, 11) is -3.45. The fourth-order valence-corrected chi connectivity index (χ4v) is 5.85. The predicted octanol–water partition coefficient (Wildman–Crippen LogP) is 3.21. The Bertz CT molecular complexity index is 1150. The monoisotopic (exact) mass is 459 g/mol. The summed E-state index contributed by atoms with van der Waals surface area (Å²) in [5.74, 6) is 0.548. The summed E-state index contributed by atoms with van der Waals surface area (Å²) in [6.07, 6.45) is -0.00142. The Hall–Kier alpha value is -2.65. The average molecular weight is 460 g/mol. The van der Waals surface area contributed by atoms with Gasteiger partial charge in [0.2, 0.25) is 5.91 Å². The molecule has 4 rings (SSSR count). The smallest absolute Gasteiger partial charge is 0.223 e. The maximum atomic E-state index is 12.6. The quantitative estimate of drug-likeness (QED) is 0.540. The third kappa shape index (κ3) is 4.99. The highest BCUT2D eigenvalue weighted by molar-refractivity contribution is 7.91. The van der Waals surface area contributed by atoms with Crippen LogP contribution in [0.25, 0.3) is 10.2 Å².